The summed E-state index contributed by atoms with van der Waals surface area (Å²) in [6.45, 7) is 1.54. The van der Waals surface area contributed by atoms with E-state index in [1.165, 1.54) is 23.3 Å². The number of carbonyl (C=O) groups is 3. The van der Waals surface area contributed by atoms with E-state index in [9.17, 15) is 14.4 Å². The molecular formula is C23H26ClN3O4S. The molecule has 1 unspecified atom stereocenters. The summed E-state index contributed by atoms with van der Waals surface area (Å²) in [5, 5.41) is 5.47. The van der Waals surface area contributed by atoms with Gasteiger partial charge in [0.2, 0.25) is 0 Å². The number of methoxy groups -OCH3 is 1. The first-order valence-corrected chi connectivity index (χ1v) is 11.9. The highest BCUT2D eigenvalue weighted by molar-refractivity contribution is 7.12. The van der Waals surface area contributed by atoms with Gasteiger partial charge in [-0.1, -0.05) is 35.9 Å². The first kappa shape index (κ1) is 22.8. The molecule has 2 aromatic rings. The molecule has 0 saturated carbocycles. The molecule has 2 fully saturated rings. The van der Waals surface area contributed by atoms with Crippen LogP contribution in [0, 0.1) is 5.92 Å². The number of nitrogens with one attached hydrogen (secondary N) is 1. The molecule has 2 aliphatic heterocycles. The van der Waals surface area contributed by atoms with Gasteiger partial charge in [-0.25, -0.2) is 4.79 Å². The van der Waals surface area contributed by atoms with Gasteiger partial charge in [0.25, 0.3) is 11.8 Å². The average Bonchev–Trinajstić information content (AvgIpc) is 3.42. The lowest BCUT2D eigenvalue weighted by atomic mass is 9.74. The summed E-state index contributed by atoms with van der Waals surface area (Å²) in [5.74, 6) is -0.347. The van der Waals surface area contributed by atoms with Crippen LogP contribution in [-0.2, 0) is 16.0 Å². The van der Waals surface area contributed by atoms with Gasteiger partial charge >= 0.3 is 6.03 Å². The van der Waals surface area contributed by atoms with Crippen LogP contribution in [0.4, 0.5) is 4.79 Å². The molecule has 32 heavy (non-hydrogen) atoms. The SMILES string of the molecule is COCCN1C(=O)NC(Cc2ccccc2Cl)(C2CCN(C(=O)c3cccs3)CC2)C1=O. The highest BCUT2D eigenvalue weighted by Gasteiger charge is 2.56. The van der Waals surface area contributed by atoms with Crippen molar-refractivity contribution < 1.29 is 19.1 Å². The Kier molecular flexibility index (Phi) is 6.83. The van der Waals surface area contributed by atoms with E-state index in [1.54, 1.807) is 6.07 Å². The molecule has 0 bridgehead atoms. The minimum Gasteiger partial charge on any atom is -0.383 e. The Morgan fingerprint density at radius 2 is 1.97 bits per heavy atom. The molecular weight excluding hydrogens is 450 g/mol. The molecule has 4 rings (SSSR count). The summed E-state index contributed by atoms with van der Waals surface area (Å²) in [6, 6.07) is 10.7. The smallest absolute Gasteiger partial charge is 0.325 e. The molecule has 170 valence electrons. The van der Waals surface area contributed by atoms with Crippen LogP contribution in [0.5, 0.6) is 0 Å². The third kappa shape index (κ3) is 4.27. The molecule has 0 aliphatic carbocycles. The van der Waals surface area contributed by atoms with Crippen molar-refractivity contribution in [3.05, 3.63) is 57.2 Å². The highest BCUT2D eigenvalue weighted by atomic mass is 35.5. The van der Waals surface area contributed by atoms with Crippen LogP contribution in [0.25, 0.3) is 0 Å². The van der Waals surface area contributed by atoms with E-state index < -0.39 is 11.6 Å². The number of rotatable bonds is 7. The van der Waals surface area contributed by atoms with Crippen LogP contribution in [0.3, 0.4) is 0 Å². The molecule has 7 nitrogen and oxygen atoms in total. The maximum Gasteiger partial charge on any atom is 0.325 e. The Balaban J connectivity index is 1.58. The van der Waals surface area contributed by atoms with Gasteiger partial charge in [0.1, 0.15) is 5.54 Å². The number of hydrogen-bond donors (Lipinski definition) is 1. The van der Waals surface area contributed by atoms with E-state index >= 15 is 0 Å². The molecule has 9 heteroatoms. The number of hydrogen-bond acceptors (Lipinski definition) is 5. The number of urea groups is 1. The number of amides is 4. The van der Waals surface area contributed by atoms with Gasteiger partial charge in [0, 0.05) is 31.6 Å². The Labute approximate surface area is 196 Å². The summed E-state index contributed by atoms with van der Waals surface area (Å²) in [6.07, 6.45) is 1.54. The predicted octanol–water partition coefficient (Wildman–Crippen LogP) is 3.43. The first-order valence-electron chi connectivity index (χ1n) is 10.7. The van der Waals surface area contributed by atoms with Crippen molar-refractivity contribution in [2.45, 2.75) is 24.8 Å². The second-order valence-corrected chi connectivity index (χ2v) is 9.52. The van der Waals surface area contributed by atoms with Gasteiger partial charge in [-0.2, -0.15) is 0 Å². The summed E-state index contributed by atoms with van der Waals surface area (Å²) < 4.78 is 5.09. The van der Waals surface area contributed by atoms with E-state index in [0.717, 1.165) is 5.56 Å². The van der Waals surface area contributed by atoms with Crippen molar-refractivity contribution in [1.29, 1.82) is 0 Å². The summed E-state index contributed by atoms with van der Waals surface area (Å²) >= 11 is 7.85. The quantitative estimate of drug-likeness (QED) is 0.622. The highest BCUT2D eigenvalue weighted by Crippen LogP contribution is 2.38. The average molecular weight is 476 g/mol. The van der Waals surface area contributed by atoms with Gasteiger partial charge < -0.3 is 15.0 Å². The van der Waals surface area contributed by atoms with E-state index in [-0.39, 0.29) is 30.9 Å². The van der Waals surface area contributed by atoms with Crippen molar-refractivity contribution in [3.63, 3.8) is 0 Å². The zero-order chi connectivity index (χ0) is 22.7. The number of carbonyl (C=O) groups excluding carboxylic acids is 3. The standard InChI is InChI=1S/C23H26ClN3O4S/c1-31-13-12-27-21(29)23(25-22(27)30,15-16-5-2-3-6-18(16)24)17-8-10-26(11-9-17)20(28)19-7-4-14-32-19/h2-7,14,17H,8-13,15H2,1H3,(H,25,30). The molecule has 1 aromatic carbocycles. The summed E-state index contributed by atoms with van der Waals surface area (Å²) in [7, 11) is 1.54. The largest absolute Gasteiger partial charge is 0.383 e. The van der Waals surface area contributed by atoms with Crippen LogP contribution in [0.15, 0.2) is 41.8 Å². The van der Waals surface area contributed by atoms with Crippen LogP contribution in [0.1, 0.15) is 28.1 Å². The van der Waals surface area contributed by atoms with E-state index in [2.05, 4.69) is 5.32 Å². The number of thiophene rings is 1. The van der Waals surface area contributed by atoms with Gasteiger partial charge in [0.15, 0.2) is 0 Å². The molecule has 3 heterocycles. The van der Waals surface area contributed by atoms with Crippen LogP contribution in [0.2, 0.25) is 5.02 Å². The minimum absolute atomic E-state index is 0.0158. The lowest BCUT2D eigenvalue weighted by Gasteiger charge is -2.41. The van der Waals surface area contributed by atoms with E-state index in [4.69, 9.17) is 16.3 Å². The number of imide groups is 1. The zero-order valence-electron chi connectivity index (χ0n) is 17.9. The Morgan fingerprint density at radius 1 is 1.22 bits per heavy atom. The molecule has 2 saturated heterocycles. The van der Waals surface area contributed by atoms with Crippen LogP contribution in [-0.4, -0.2) is 66.5 Å². The number of piperidine rings is 1. The lowest BCUT2D eigenvalue weighted by molar-refractivity contribution is -0.134. The maximum absolute atomic E-state index is 13.6. The van der Waals surface area contributed by atoms with E-state index in [1.807, 2.05) is 40.6 Å². The van der Waals surface area contributed by atoms with Gasteiger partial charge in [-0.3, -0.25) is 14.5 Å². The first-order chi connectivity index (χ1) is 15.5. The fourth-order valence-electron chi connectivity index (χ4n) is 4.64. The predicted molar refractivity (Wildman–Crippen MR) is 123 cm³/mol. The van der Waals surface area contributed by atoms with Crippen molar-refractivity contribution in [3.8, 4) is 0 Å². The molecule has 1 aromatic heterocycles. The number of nitrogens with zero attached hydrogens (tertiary/aromatic N) is 2. The number of likely N-dealkylation sites (tertiary alicyclic amines) is 1. The third-order valence-electron chi connectivity index (χ3n) is 6.36. The second-order valence-electron chi connectivity index (χ2n) is 8.16. The molecule has 2 aliphatic rings. The van der Waals surface area contributed by atoms with Crippen LogP contribution >= 0.6 is 22.9 Å². The number of benzene rings is 1. The molecule has 1 N–H and O–H groups in total. The minimum atomic E-state index is -1.09. The van der Waals surface area contributed by atoms with Crippen molar-refractivity contribution >= 4 is 40.8 Å². The third-order valence-corrected chi connectivity index (χ3v) is 7.59. The monoisotopic (exact) mass is 475 g/mol. The second kappa shape index (κ2) is 9.60. The lowest BCUT2D eigenvalue weighted by Crippen LogP contribution is -2.58. The van der Waals surface area contributed by atoms with Gasteiger partial charge in [-0.05, 0) is 41.8 Å². The number of halogens is 1. The topological polar surface area (TPSA) is 79.0 Å². The fourth-order valence-corrected chi connectivity index (χ4v) is 5.54. The summed E-state index contributed by atoms with van der Waals surface area (Å²) in [5.41, 5.74) is -0.276. The van der Waals surface area contributed by atoms with Crippen LogP contribution < -0.4 is 5.32 Å². The number of ether oxygens (including phenoxy) is 1. The fraction of sp³-hybridized carbons (Fsp3) is 0.435. The molecule has 0 radical (unpaired) electrons. The van der Waals surface area contributed by atoms with Crippen molar-refractivity contribution in [2.24, 2.45) is 5.92 Å². The maximum atomic E-state index is 13.6. The van der Waals surface area contributed by atoms with Gasteiger partial charge in [0.05, 0.1) is 18.0 Å². The molecule has 0 spiro atoms. The molecule has 1 atom stereocenters. The summed E-state index contributed by atoms with van der Waals surface area (Å²) in [4.78, 5) is 43.0. The zero-order valence-corrected chi connectivity index (χ0v) is 19.5. The van der Waals surface area contributed by atoms with Crippen molar-refractivity contribution in [1.82, 2.24) is 15.1 Å². The van der Waals surface area contributed by atoms with Gasteiger partial charge in [-0.15, -0.1) is 11.3 Å². The normalized spacial score (nSPS) is 21.8. The molecule has 4 amide bonds. The Bertz CT molecular complexity index is 991. The Morgan fingerprint density at radius 3 is 2.62 bits per heavy atom. The Hall–Kier alpha value is -2.42. The van der Waals surface area contributed by atoms with Crippen molar-refractivity contribution in [2.75, 3.05) is 33.4 Å². The van der Waals surface area contributed by atoms with E-state index in [0.29, 0.717) is 42.3 Å².